The Kier molecular flexibility index (Phi) is 11.5. The first-order chi connectivity index (χ1) is 23.5. The van der Waals surface area contributed by atoms with E-state index in [1.807, 2.05) is 98.8 Å². The summed E-state index contributed by atoms with van der Waals surface area (Å²) in [6.45, 7) is 4.79. The van der Waals surface area contributed by atoms with Crippen molar-refractivity contribution in [3.05, 3.63) is 120 Å². The van der Waals surface area contributed by atoms with Crippen LogP contribution in [0.2, 0.25) is 0 Å². The molecule has 0 radical (unpaired) electrons. The Balaban J connectivity index is 1.20. The van der Waals surface area contributed by atoms with Gasteiger partial charge in [-0.2, -0.15) is 0 Å². The molecule has 48 heavy (non-hydrogen) atoms. The lowest BCUT2D eigenvalue weighted by Crippen LogP contribution is -2.45. The number of ether oxygens (including phenoxy) is 2. The number of hydrogen-bond acceptors (Lipinski definition) is 8. The minimum absolute atomic E-state index is 0.0298. The molecule has 2 N–H and O–H groups in total. The van der Waals surface area contributed by atoms with Crippen LogP contribution >= 0.6 is 0 Å². The van der Waals surface area contributed by atoms with Crippen molar-refractivity contribution in [2.24, 2.45) is 23.7 Å². The van der Waals surface area contributed by atoms with Gasteiger partial charge >= 0.3 is 0 Å². The third-order valence-electron chi connectivity index (χ3n) is 9.63. The number of allylic oxidation sites excluding steroid dienone is 2. The van der Waals surface area contributed by atoms with Crippen molar-refractivity contribution in [3.63, 3.8) is 0 Å². The Morgan fingerprint density at radius 3 is 1.35 bits per heavy atom. The van der Waals surface area contributed by atoms with Gasteiger partial charge in [0.25, 0.3) is 0 Å². The molecule has 8 heteroatoms. The van der Waals surface area contributed by atoms with E-state index in [0.29, 0.717) is 36.9 Å². The van der Waals surface area contributed by atoms with Crippen molar-refractivity contribution in [2.75, 3.05) is 13.2 Å². The average Bonchev–Trinajstić information content (AvgIpc) is 3.11. The van der Waals surface area contributed by atoms with Gasteiger partial charge < -0.3 is 19.7 Å². The normalized spacial score (nSPS) is 24.2. The van der Waals surface area contributed by atoms with Crippen LogP contribution in [0.1, 0.15) is 48.5 Å². The fourth-order valence-electron chi connectivity index (χ4n) is 7.34. The molecular formula is C40H46N4O4. The van der Waals surface area contributed by atoms with Crippen LogP contribution in [0.3, 0.4) is 0 Å². The summed E-state index contributed by atoms with van der Waals surface area (Å²) < 4.78 is 13.4. The Labute approximate surface area is 283 Å². The smallest absolute Gasteiger partial charge is 0.0893 e. The van der Waals surface area contributed by atoms with Gasteiger partial charge in [0.05, 0.1) is 72.8 Å². The second kappa shape index (κ2) is 16.3. The third kappa shape index (κ3) is 8.68. The molecular weight excluding hydrogens is 600 g/mol. The molecule has 2 aliphatic carbocycles. The number of hydrogen-bond donors (Lipinski definition) is 2. The van der Waals surface area contributed by atoms with Crippen LogP contribution in [0.5, 0.6) is 0 Å². The summed E-state index contributed by atoms with van der Waals surface area (Å²) >= 11 is 0. The van der Waals surface area contributed by atoms with E-state index in [1.54, 1.807) is 0 Å². The van der Waals surface area contributed by atoms with Crippen LogP contribution in [-0.2, 0) is 22.7 Å². The number of aryl methyl sites for hydroxylation is 2. The van der Waals surface area contributed by atoms with Gasteiger partial charge in [0.15, 0.2) is 0 Å². The second-order valence-corrected chi connectivity index (χ2v) is 13.1. The van der Waals surface area contributed by atoms with Gasteiger partial charge in [-0.1, -0.05) is 48.6 Å². The Morgan fingerprint density at radius 1 is 0.562 bits per heavy atom. The predicted octanol–water partition coefficient (Wildman–Crippen LogP) is 6.84. The minimum Gasteiger partial charge on any atom is -0.392 e. The van der Waals surface area contributed by atoms with Gasteiger partial charge in [-0.15, -0.1) is 0 Å². The van der Waals surface area contributed by atoms with Crippen LogP contribution in [0.25, 0.3) is 22.8 Å². The van der Waals surface area contributed by atoms with Crippen molar-refractivity contribution >= 4 is 0 Å². The van der Waals surface area contributed by atoms with E-state index in [0.717, 1.165) is 71.2 Å². The lowest BCUT2D eigenvalue weighted by Gasteiger charge is -2.47. The van der Waals surface area contributed by atoms with Gasteiger partial charge in [0, 0.05) is 11.4 Å². The van der Waals surface area contributed by atoms with Gasteiger partial charge in [0.2, 0.25) is 0 Å². The summed E-state index contributed by atoms with van der Waals surface area (Å²) in [4.78, 5) is 19.1. The molecule has 0 saturated heterocycles. The molecule has 0 unspecified atom stereocenters. The van der Waals surface area contributed by atoms with Gasteiger partial charge in [0.1, 0.15) is 0 Å². The first-order valence-electron chi connectivity index (χ1n) is 17.1. The van der Waals surface area contributed by atoms with E-state index >= 15 is 0 Å². The first kappa shape index (κ1) is 33.8. The number of nitrogens with zero attached hydrogens (tertiary/aromatic N) is 4. The molecule has 0 aromatic carbocycles. The number of fused-ring (bicyclic) bond motifs is 1. The number of aliphatic hydroxyl groups is 2. The molecule has 6 rings (SSSR count). The molecule has 4 aromatic rings. The fraction of sp³-hybridized carbons (Fsp3) is 0.400. The molecule has 0 bridgehead atoms. The molecule has 0 amide bonds. The highest BCUT2D eigenvalue weighted by atomic mass is 16.5. The second-order valence-electron chi connectivity index (χ2n) is 13.1. The van der Waals surface area contributed by atoms with Crippen LogP contribution in [0, 0.1) is 37.5 Å². The number of pyridine rings is 4. The molecule has 4 heterocycles. The van der Waals surface area contributed by atoms with Crippen molar-refractivity contribution in [1.29, 1.82) is 0 Å². The maximum atomic E-state index is 9.50. The summed E-state index contributed by atoms with van der Waals surface area (Å²) in [5, 5.41) is 19.0. The number of aromatic nitrogens is 4. The van der Waals surface area contributed by atoms with Crippen molar-refractivity contribution in [3.8, 4) is 22.8 Å². The van der Waals surface area contributed by atoms with Crippen molar-refractivity contribution in [2.45, 2.75) is 65.0 Å². The summed E-state index contributed by atoms with van der Waals surface area (Å²) in [6, 6.07) is 23.9. The zero-order valence-corrected chi connectivity index (χ0v) is 27.9. The SMILES string of the molecule is Cc1cccc(-c2cccc(CO[C@H]3C[C@H]4C[C@@H](/C=C/CO)[C@H](/C=C/CO)C[C@H]4C[C@@H]3OCc3cccc(-c4cccc(C)n4)n3)n2)n1. The van der Waals surface area contributed by atoms with Crippen LogP contribution in [-0.4, -0.2) is 55.6 Å². The Bertz CT molecular complexity index is 1580. The van der Waals surface area contributed by atoms with Crippen molar-refractivity contribution in [1.82, 2.24) is 19.9 Å². The van der Waals surface area contributed by atoms with E-state index in [2.05, 4.69) is 22.1 Å². The molecule has 4 aromatic heterocycles. The van der Waals surface area contributed by atoms with E-state index in [9.17, 15) is 10.2 Å². The van der Waals surface area contributed by atoms with Crippen LogP contribution < -0.4 is 0 Å². The standard InChI is InChI=1S/C40H46N4O4/c1-27-9-3-15-35(41-27)37-17-5-13-33(43-37)25-47-39-23-31-21-29(11-7-19-45)30(12-8-20-46)22-32(31)24-40(39)48-26-34-14-6-18-38(44-34)36-16-4-10-28(2)42-36/h3-18,29-32,39-40,45-46H,19-26H2,1-2H3/b11-7+,12-8+/t29-,30-,31-,32+,39+,40+/m1/s1. The molecule has 250 valence electrons. The minimum atomic E-state index is -0.109. The monoisotopic (exact) mass is 646 g/mol. The topological polar surface area (TPSA) is 110 Å². The molecule has 6 atom stereocenters. The maximum Gasteiger partial charge on any atom is 0.0893 e. The fourth-order valence-corrected chi connectivity index (χ4v) is 7.34. The van der Waals surface area contributed by atoms with E-state index in [4.69, 9.17) is 19.4 Å². The van der Waals surface area contributed by atoms with Crippen LogP contribution in [0.4, 0.5) is 0 Å². The van der Waals surface area contributed by atoms with Gasteiger partial charge in [-0.3, -0.25) is 9.97 Å². The molecule has 2 saturated carbocycles. The quantitative estimate of drug-likeness (QED) is 0.161. The summed E-state index contributed by atoms with van der Waals surface area (Å²) in [5.74, 6) is 1.54. The Hall–Kier alpha value is -4.08. The molecule has 8 nitrogen and oxygen atoms in total. The maximum absolute atomic E-state index is 9.50. The molecule has 0 aliphatic heterocycles. The molecule has 0 spiro atoms. The Morgan fingerprint density at radius 2 is 0.958 bits per heavy atom. The summed E-state index contributed by atoms with van der Waals surface area (Å²) in [5.41, 5.74) is 6.99. The van der Waals surface area contributed by atoms with E-state index < -0.39 is 0 Å². The largest absolute Gasteiger partial charge is 0.392 e. The van der Waals surface area contributed by atoms with E-state index in [-0.39, 0.29) is 25.4 Å². The highest BCUT2D eigenvalue weighted by Gasteiger charge is 2.43. The zero-order chi connectivity index (χ0) is 33.3. The first-order valence-corrected chi connectivity index (χ1v) is 17.1. The van der Waals surface area contributed by atoms with Gasteiger partial charge in [-0.05, 0) is 112 Å². The van der Waals surface area contributed by atoms with Gasteiger partial charge in [-0.25, -0.2) is 9.97 Å². The number of rotatable bonds is 12. The number of aliphatic hydroxyl groups excluding tert-OH is 2. The highest BCUT2D eigenvalue weighted by Crippen LogP contribution is 2.48. The predicted molar refractivity (Wildman–Crippen MR) is 186 cm³/mol. The third-order valence-corrected chi connectivity index (χ3v) is 9.63. The summed E-state index contributed by atoms with van der Waals surface area (Å²) in [7, 11) is 0. The molecule has 2 aliphatic rings. The zero-order valence-electron chi connectivity index (χ0n) is 27.9. The van der Waals surface area contributed by atoms with Crippen LogP contribution in [0.15, 0.2) is 97.1 Å². The molecule has 2 fully saturated rings. The lowest BCUT2D eigenvalue weighted by atomic mass is 9.62. The lowest BCUT2D eigenvalue weighted by molar-refractivity contribution is -0.136. The van der Waals surface area contributed by atoms with E-state index in [1.165, 1.54) is 0 Å². The highest BCUT2D eigenvalue weighted by molar-refractivity contribution is 5.55. The van der Waals surface area contributed by atoms with Crippen molar-refractivity contribution < 1.29 is 19.7 Å². The summed E-state index contributed by atoms with van der Waals surface area (Å²) in [6.07, 6.45) is 11.6. The average molecular weight is 647 g/mol.